The Balaban J connectivity index is 2.58. The highest BCUT2D eigenvalue weighted by Gasteiger charge is 2.41. The van der Waals surface area contributed by atoms with Gasteiger partial charge in [-0.15, -0.1) is 0 Å². The van der Waals surface area contributed by atoms with Gasteiger partial charge in [-0.1, -0.05) is 18.0 Å². The van der Waals surface area contributed by atoms with E-state index in [1.165, 1.54) is 13.2 Å². The molecule has 1 fully saturated rings. The number of ether oxygens (including phenoxy) is 1. The number of hydrogen-bond acceptors (Lipinski definition) is 2. The van der Waals surface area contributed by atoms with Gasteiger partial charge in [0.2, 0.25) is 0 Å². The van der Waals surface area contributed by atoms with Crippen molar-refractivity contribution in [3.63, 3.8) is 0 Å². The molecule has 0 aliphatic heterocycles. The van der Waals surface area contributed by atoms with Crippen LogP contribution in [0.15, 0.2) is 6.07 Å². The average Bonchev–Trinajstić information content (AvgIpc) is 2.25. The van der Waals surface area contributed by atoms with E-state index in [-0.39, 0.29) is 5.02 Å². The summed E-state index contributed by atoms with van der Waals surface area (Å²) in [6.45, 7) is 0.328. The Hall–Kier alpha value is -0.870. The highest BCUT2D eigenvalue weighted by molar-refractivity contribution is 6.31. The summed E-state index contributed by atoms with van der Waals surface area (Å²) in [4.78, 5) is 0. The van der Waals surface area contributed by atoms with Crippen LogP contribution in [0.3, 0.4) is 0 Å². The second-order valence-corrected chi connectivity index (χ2v) is 4.81. The van der Waals surface area contributed by atoms with Crippen molar-refractivity contribution in [2.45, 2.75) is 24.7 Å². The van der Waals surface area contributed by atoms with Crippen LogP contribution in [0, 0.1) is 11.6 Å². The van der Waals surface area contributed by atoms with Crippen molar-refractivity contribution in [2.75, 3.05) is 13.7 Å². The first-order chi connectivity index (χ1) is 8.05. The summed E-state index contributed by atoms with van der Waals surface area (Å²) in [5, 5.41) is -0.127. The molecule has 1 aliphatic carbocycles. The molecule has 1 aromatic rings. The van der Waals surface area contributed by atoms with Crippen LogP contribution >= 0.6 is 11.6 Å². The number of halogens is 3. The summed E-state index contributed by atoms with van der Waals surface area (Å²) >= 11 is 5.75. The molecule has 1 saturated carbocycles. The van der Waals surface area contributed by atoms with Gasteiger partial charge >= 0.3 is 0 Å². The van der Waals surface area contributed by atoms with Crippen molar-refractivity contribution in [1.29, 1.82) is 0 Å². The van der Waals surface area contributed by atoms with Gasteiger partial charge in [0.1, 0.15) is 0 Å². The van der Waals surface area contributed by atoms with Crippen LogP contribution in [-0.2, 0) is 5.41 Å². The number of rotatable bonds is 3. The van der Waals surface area contributed by atoms with Gasteiger partial charge in [0.15, 0.2) is 17.4 Å². The van der Waals surface area contributed by atoms with E-state index in [0.29, 0.717) is 12.1 Å². The molecular weight excluding hydrogens is 248 g/mol. The molecule has 5 heteroatoms. The molecule has 0 heterocycles. The fourth-order valence-electron chi connectivity index (χ4n) is 2.33. The van der Waals surface area contributed by atoms with Crippen LogP contribution in [0.4, 0.5) is 8.78 Å². The van der Waals surface area contributed by atoms with Gasteiger partial charge in [-0.2, -0.15) is 0 Å². The largest absolute Gasteiger partial charge is 0.491 e. The normalized spacial score (nSPS) is 17.7. The summed E-state index contributed by atoms with van der Waals surface area (Å²) < 4.78 is 32.4. The van der Waals surface area contributed by atoms with Crippen LogP contribution in [0.25, 0.3) is 0 Å². The van der Waals surface area contributed by atoms with Gasteiger partial charge in [0.05, 0.1) is 12.1 Å². The molecule has 2 N–H and O–H groups in total. The highest BCUT2D eigenvalue weighted by Crippen LogP contribution is 2.46. The van der Waals surface area contributed by atoms with E-state index >= 15 is 0 Å². The van der Waals surface area contributed by atoms with Crippen LogP contribution in [0.5, 0.6) is 5.75 Å². The molecule has 94 valence electrons. The predicted octanol–water partition coefficient (Wildman–Crippen LogP) is 3.01. The minimum absolute atomic E-state index is 0.127. The Kier molecular flexibility index (Phi) is 3.27. The lowest BCUT2D eigenvalue weighted by molar-refractivity contribution is 0.240. The lowest BCUT2D eigenvalue weighted by atomic mass is 9.64. The molecule has 0 saturated heterocycles. The van der Waals surface area contributed by atoms with Crippen molar-refractivity contribution in [1.82, 2.24) is 0 Å². The molecule has 1 aromatic carbocycles. The Morgan fingerprint density at radius 1 is 1.41 bits per heavy atom. The maximum atomic E-state index is 14.1. The van der Waals surface area contributed by atoms with Crippen molar-refractivity contribution in [2.24, 2.45) is 5.73 Å². The zero-order valence-electron chi connectivity index (χ0n) is 9.53. The molecular formula is C12H14ClF2NO. The zero-order chi connectivity index (χ0) is 12.6. The summed E-state index contributed by atoms with van der Waals surface area (Å²) in [6.07, 6.45) is 2.59. The van der Waals surface area contributed by atoms with E-state index in [9.17, 15) is 8.78 Å². The molecule has 0 bridgehead atoms. The molecule has 0 aromatic heterocycles. The van der Waals surface area contributed by atoms with Gasteiger partial charge in [-0.05, 0) is 18.9 Å². The Labute approximate surface area is 104 Å². The molecule has 0 atom stereocenters. The predicted molar refractivity (Wildman–Crippen MR) is 62.5 cm³/mol. The molecule has 0 amide bonds. The van der Waals surface area contributed by atoms with Gasteiger partial charge in [-0.25, -0.2) is 8.78 Å². The number of nitrogens with two attached hydrogens (primary N) is 1. The lowest BCUT2D eigenvalue weighted by Gasteiger charge is -2.41. The minimum Gasteiger partial charge on any atom is -0.491 e. The SMILES string of the molecule is COc1c(F)c(Cl)cc(C2(CN)CCC2)c1F. The summed E-state index contributed by atoms with van der Waals surface area (Å²) in [5.41, 5.74) is 5.67. The van der Waals surface area contributed by atoms with E-state index in [1.807, 2.05) is 0 Å². The third kappa shape index (κ3) is 1.79. The van der Waals surface area contributed by atoms with Gasteiger partial charge < -0.3 is 10.5 Å². The fourth-order valence-corrected chi connectivity index (χ4v) is 2.53. The molecule has 17 heavy (non-hydrogen) atoms. The van der Waals surface area contributed by atoms with E-state index in [1.54, 1.807) is 0 Å². The number of benzene rings is 1. The first kappa shape index (κ1) is 12.6. The second kappa shape index (κ2) is 4.42. The maximum absolute atomic E-state index is 14.1. The van der Waals surface area contributed by atoms with Crippen molar-refractivity contribution < 1.29 is 13.5 Å². The summed E-state index contributed by atoms with van der Waals surface area (Å²) in [5.74, 6) is -1.96. The number of hydrogen-bond donors (Lipinski definition) is 1. The van der Waals surface area contributed by atoms with Crippen LogP contribution in [0.1, 0.15) is 24.8 Å². The van der Waals surface area contributed by atoms with Crippen LogP contribution < -0.4 is 10.5 Å². The standard InChI is InChI=1S/C12H14ClF2NO/c1-17-11-9(14)7(5-8(13)10(11)15)12(6-16)3-2-4-12/h5H,2-4,6,16H2,1H3. The fraction of sp³-hybridized carbons (Fsp3) is 0.500. The molecule has 0 spiro atoms. The lowest BCUT2D eigenvalue weighted by Crippen LogP contribution is -2.42. The average molecular weight is 262 g/mol. The maximum Gasteiger partial charge on any atom is 0.192 e. The van der Waals surface area contributed by atoms with E-state index in [0.717, 1.165) is 19.3 Å². The molecule has 2 rings (SSSR count). The third-order valence-corrected chi connectivity index (χ3v) is 3.87. The van der Waals surface area contributed by atoms with E-state index in [2.05, 4.69) is 0 Å². The Bertz CT molecular complexity index is 441. The first-order valence-corrected chi connectivity index (χ1v) is 5.85. The topological polar surface area (TPSA) is 35.2 Å². The number of methoxy groups -OCH3 is 1. The smallest absolute Gasteiger partial charge is 0.192 e. The monoisotopic (exact) mass is 261 g/mol. The highest BCUT2D eigenvalue weighted by atomic mass is 35.5. The van der Waals surface area contributed by atoms with Crippen LogP contribution in [-0.4, -0.2) is 13.7 Å². The first-order valence-electron chi connectivity index (χ1n) is 5.48. The van der Waals surface area contributed by atoms with Crippen molar-refractivity contribution >= 4 is 11.6 Å². The Morgan fingerprint density at radius 2 is 2.06 bits per heavy atom. The van der Waals surface area contributed by atoms with Crippen molar-refractivity contribution in [3.8, 4) is 5.75 Å². The van der Waals surface area contributed by atoms with Gasteiger partial charge in [-0.3, -0.25) is 0 Å². The third-order valence-electron chi connectivity index (χ3n) is 3.59. The quantitative estimate of drug-likeness (QED) is 0.849. The molecule has 0 radical (unpaired) electrons. The van der Waals surface area contributed by atoms with Crippen LogP contribution in [0.2, 0.25) is 5.02 Å². The van der Waals surface area contributed by atoms with Gasteiger partial charge in [0, 0.05) is 17.5 Å². The van der Waals surface area contributed by atoms with Crippen molar-refractivity contribution in [3.05, 3.63) is 28.3 Å². The molecule has 1 aliphatic rings. The zero-order valence-corrected chi connectivity index (χ0v) is 10.3. The summed E-state index contributed by atoms with van der Waals surface area (Å²) in [6, 6.07) is 1.33. The minimum atomic E-state index is -0.859. The van der Waals surface area contributed by atoms with Gasteiger partial charge in [0.25, 0.3) is 0 Å². The molecule has 2 nitrogen and oxygen atoms in total. The second-order valence-electron chi connectivity index (χ2n) is 4.41. The summed E-state index contributed by atoms with van der Waals surface area (Å²) in [7, 11) is 1.22. The van der Waals surface area contributed by atoms with E-state index < -0.39 is 22.8 Å². The molecule has 0 unspecified atom stereocenters. The Morgan fingerprint density at radius 3 is 2.47 bits per heavy atom. The van der Waals surface area contributed by atoms with E-state index in [4.69, 9.17) is 22.1 Å².